The van der Waals surface area contributed by atoms with E-state index in [0.29, 0.717) is 53.6 Å². The predicted molar refractivity (Wildman–Crippen MR) is 128 cm³/mol. The maximum atomic E-state index is 12.6. The summed E-state index contributed by atoms with van der Waals surface area (Å²) in [7, 11) is 1.35. The largest absolute Gasteiger partial charge is 0.465 e. The molecule has 1 saturated heterocycles. The Kier molecular flexibility index (Phi) is 5.58. The molecule has 0 aliphatic carbocycles. The summed E-state index contributed by atoms with van der Waals surface area (Å²) in [4.78, 5) is 35.8. The Bertz CT molecular complexity index is 1250. The van der Waals surface area contributed by atoms with Crippen LogP contribution in [0.1, 0.15) is 45.1 Å². The van der Waals surface area contributed by atoms with Crippen molar-refractivity contribution < 1.29 is 19.1 Å². The number of anilines is 1. The van der Waals surface area contributed by atoms with Gasteiger partial charge in [-0.2, -0.15) is 0 Å². The van der Waals surface area contributed by atoms with Crippen molar-refractivity contribution in [2.24, 2.45) is 0 Å². The molecule has 1 atom stereocenters. The van der Waals surface area contributed by atoms with E-state index in [0.717, 1.165) is 21.8 Å². The zero-order valence-corrected chi connectivity index (χ0v) is 20.2. The van der Waals surface area contributed by atoms with Gasteiger partial charge in [0.15, 0.2) is 5.13 Å². The number of esters is 1. The van der Waals surface area contributed by atoms with Crippen LogP contribution in [0.5, 0.6) is 0 Å². The molecule has 2 aliphatic heterocycles. The van der Waals surface area contributed by atoms with Gasteiger partial charge in [0, 0.05) is 35.1 Å². The number of rotatable bonds is 4. The Morgan fingerprint density at radius 1 is 1.42 bits per heavy atom. The zero-order chi connectivity index (χ0) is 23.3. The van der Waals surface area contributed by atoms with Crippen molar-refractivity contribution in [2.75, 3.05) is 31.8 Å². The van der Waals surface area contributed by atoms with E-state index < -0.39 is 5.97 Å². The minimum atomic E-state index is -0.437. The van der Waals surface area contributed by atoms with Crippen molar-refractivity contribution in [1.82, 2.24) is 15.3 Å². The quantitative estimate of drug-likeness (QED) is 0.545. The molecule has 4 heterocycles. The minimum absolute atomic E-state index is 0.0296. The summed E-state index contributed by atoms with van der Waals surface area (Å²) < 4.78 is 10.7. The summed E-state index contributed by atoms with van der Waals surface area (Å²) in [5.74, 6) is -0.496. The van der Waals surface area contributed by atoms with Crippen molar-refractivity contribution in [3.8, 4) is 0 Å². The molecule has 1 aromatic carbocycles. The molecular formula is C23H25ClN4O4S. The summed E-state index contributed by atoms with van der Waals surface area (Å²) in [6.45, 7) is 5.85. The number of benzene rings is 1. The third-order valence-electron chi connectivity index (χ3n) is 6.13. The van der Waals surface area contributed by atoms with Crippen LogP contribution in [0, 0.1) is 0 Å². The van der Waals surface area contributed by atoms with Gasteiger partial charge in [0.25, 0.3) is 5.91 Å². The average Bonchev–Trinajstić information content (AvgIpc) is 3.36. The van der Waals surface area contributed by atoms with Gasteiger partial charge in [-0.15, -0.1) is 0 Å². The van der Waals surface area contributed by atoms with Crippen LogP contribution in [0.4, 0.5) is 5.13 Å². The Labute approximate surface area is 200 Å². The first-order valence-electron chi connectivity index (χ1n) is 10.8. The van der Waals surface area contributed by atoms with Crippen LogP contribution < -0.4 is 10.2 Å². The molecule has 174 valence electrons. The highest BCUT2D eigenvalue weighted by Gasteiger charge is 2.35. The summed E-state index contributed by atoms with van der Waals surface area (Å²) in [6.07, 6.45) is 3.28. The molecule has 10 heteroatoms. The van der Waals surface area contributed by atoms with Crippen LogP contribution in [0.2, 0.25) is 5.02 Å². The number of amides is 1. The van der Waals surface area contributed by atoms with Crippen molar-refractivity contribution in [3.63, 3.8) is 0 Å². The van der Waals surface area contributed by atoms with Gasteiger partial charge in [-0.1, -0.05) is 22.9 Å². The van der Waals surface area contributed by atoms with E-state index in [1.165, 1.54) is 18.4 Å². The van der Waals surface area contributed by atoms with Crippen LogP contribution in [0.3, 0.4) is 0 Å². The molecule has 0 spiro atoms. The first kappa shape index (κ1) is 22.2. The van der Waals surface area contributed by atoms with Gasteiger partial charge in [-0.05, 0) is 38.0 Å². The van der Waals surface area contributed by atoms with Gasteiger partial charge < -0.3 is 24.7 Å². The lowest BCUT2D eigenvalue weighted by Gasteiger charge is -2.35. The second-order valence-corrected chi connectivity index (χ2v) is 10.5. The fourth-order valence-corrected chi connectivity index (χ4v) is 5.90. The molecule has 2 aromatic heterocycles. The maximum Gasteiger partial charge on any atom is 0.340 e. The summed E-state index contributed by atoms with van der Waals surface area (Å²) in [6, 6.07) is 3.50. The molecule has 2 N–H and O–H groups in total. The molecule has 3 aromatic rings. The first-order chi connectivity index (χ1) is 15.8. The molecule has 2 aliphatic rings. The number of ether oxygens (including phenoxy) is 2. The predicted octanol–water partition coefficient (Wildman–Crippen LogP) is 3.58. The Morgan fingerprint density at radius 3 is 3.03 bits per heavy atom. The van der Waals surface area contributed by atoms with Crippen molar-refractivity contribution in [1.29, 1.82) is 0 Å². The lowest BCUT2D eigenvalue weighted by molar-refractivity contribution is 0.0602. The number of hydrogen-bond donors (Lipinski definition) is 2. The SMILES string of the molecule is COC(=O)c1cc(Cl)cc2c(CC3COCCN3c3nc4c(s3)C(=O)NC(C)(C)C4)c[nH]c12. The van der Waals surface area contributed by atoms with Crippen molar-refractivity contribution >= 4 is 50.8 Å². The number of carbonyl (C=O) groups is 2. The molecule has 1 amide bonds. The molecule has 5 rings (SSSR count). The minimum Gasteiger partial charge on any atom is -0.465 e. The van der Waals surface area contributed by atoms with E-state index >= 15 is 0 Å². The third-order valence-corrected chi connectivity index (χ3v) is 7.48. The van der Waals surface area contributed by atoms with Crippen LogP contribution in [-0.4, -0.2) is 60.3 Å². The molecule has 1 fully saturated rings. The Hall–Kier alpha value is -2.62. The number of halogens is 1. The number of carbonyl (C=O) groups excluding carboxylic acids is 2. The number of hydrogen-bond acceptors (Lipinski definition) is 7. The molecule has 0 bridgehead atoms. The number of nitrogens with one attached hydrogen (secondary N) is 2. The van der Waals surface area contributed by atoms with Crippen molar-refractivity contribution in [3.05, 3.63) is 45.1 Å². The maximum absolute atomic E-state index is 12.6. The van der Waals surface area contributed by atoms with Crippen molar-refractivity contribution in [2.45, 2.75) is 38.3 Å². The number of aromatic amines is 1. The normalized spacial score (nSPS) is 19.9. The van der Waals surface area contributed by atoms with Gasteiger partial charge in [0.1, 0.15) is 4.88 Å². The zero-order valence-electron chi connectivity index (χ0n) is 18.7. The molecule has 1 unspecified atom stereocenters. The summed E-state index contributed by atoms with van der Waals surface area (Å²) in [5, 5.41) is 5.25. The third kappa shape index (κ3) is 4.09. The number of aromatic nitrogens is 2. The number of H-pyrrole nitrogens is 1. The summed E-state index contributed by atoms with van der Waals surface area (Å²) in [5.41, 5.74) is 2.69. The van der Waals surface area contributed by atoms with Gasteiger partial charge in [0.2, 0.25) is 0 Å². The van der Waals surface area contributed by atoms with E-state index in [2.05, 4.69) is 15.2 Å². The monoisotopic (exact) mass is 488 g/mol. The fourth-order valence-electron chi connectivity index (χ4n) is 4.61. The number of nitrogens with zero attached hydrogens (tertiary/aromatic N) is 2. The second-order valence-electron chi connectivity index (χ2n) is 9.09. The first-order valence-corrected chi connectivity index (χ1v) is 12.0. The van der Waals surface area contributed by atoms with Crippen LogP contribution in [0.25, 0.3) is 10.9 Å². The van der Waals surface area contributed by atoms with E-state index in [1.54, 1.807) is 6.07 Å². The standard InChI is InChI=1S/C23H25ClN4O4S/c1-23(2)9-17-19(20(29)27-23)33-22(26-17)28-4-5-32-11-14(28)6-12-10-25-18-15(12)7-13(24)8-16(18)21(30)31-3/h7-8,10,14,25H,4-6,9,11H2,1-3H3,(H,27,29). The molecule has 33 heavy (non-hydrogen) atoms. The Morgan fingerprint density at radius 2 is 2.24 bits per heavy atom. The number of methoxy groups -OCH3 is 1. The lowest BCUT2D eigenvalue weighted by Crippen LogP contribution is -2.48. The van der Waals surface area contributed by atoms with E-state index in [4.69, 9.17) is 26.1 Å². The lowest BCUT2D eigenvalue weighted by atomic mass is 9.94. The topological polar surface area (TPSA) is 96.6 Å². The molecular weight excluding hydrogens is 464 g/mol. The highest BCUT2D eigenvalue weighted by Crippen LogP contribution is 2.35. The van der Waals surface area contributed by atoms with Gasteiger partial charge in [-0.3, -0.25) is 4.79 Å². The average molecular weight is 489 g/mol. The van der Waals surface area contributed by atoms with Gasteiger partial charge >= 0.3 is 5.97 Å². The molecule has 0 saturated carbocycles. The number of morpholine rings is 1. The Balaban J connectivity index is 1.47. The van der Waals surface area contributed by atoms with Gasteiger partial charge in [-0.25, -0.2) is 9.78 Å². The van der Waals surface area contributed by atoms with E-state index in [-0.39, 0.29) is 17.5 Å². The van der Waals surface area contributed by atoms with E-state index in [9.17, 15) is 9.59 Å². The van der Waals surface area contributed by atoms with Crippen LogP contribution >= 0.6 is 22.9 Å². The second kappa shape index (κ2) is 8.30. The molecule has 8 nitrogen and oxygen atoms in total. The smallest absolute Gasteiger partial charge is 0.340 e. The fraction of sp³-hybridized carbons (Fsp3) is 0.435. The van der Waals surface area contributed by atoms with Crippen LogP contribution in [0.15, 0.2) is 18.3 Å². The van der Waals surface area contributed by atoms with E-state index in [1.807, 2.05) is 26.1 Å². The molecule has 0 radical (unpaired) electrons. The highest BCUT2D eigenvalue weighted by atomic mass is 35.5. The number of thiazole rings is 1. The highest BCUT2D eigenvalue weighted by molar-refractivity contribution is 7.17. The van der Waals surface area contributed by atoms with Crippen LogP contribution in [-0.2, 0) is 22.3 Å². The van der Waals surface area contributed by atoms with Gasteiger partial charge in [0.05, 0.1) is 43.1 Å². The summed E-state index contributed by atoms with van der Waals surface area (Å²) >= 11 is 7.75. The number of fused-ring (bicyclic) bond motifs is 2.